The van der Waals surface area contributed by atoms with E-state index in [9.17, 15) is 4.79 Å². The van der Waals surface area contributed by atoms with Crippen molar-refractivity contribution in [3.8, 4) is 17.2 Å². The molecule has 0 heterocycles. The van der Waals surface area contributed by atoms with Gasteiger partial charge in [0.25, 0.3) is 0 Å². The van der Waals surface area contributed by atoms with Crippen LogP contribution >= 0.6 is 0 Å². The lowest BCUT2D eigenvalue weighted by molar-refractivity contribution is -0.124. The van der Waals surface area contributed by atoms with Crippen LogP contribution in [0.3, 0.4) is 0 Å². The van der Waals surface area contributed by atoms with Crippen molar-refractivity contribution in [1.29, 1.82) is 0 Å². The van der Waals surface area contributed by atoms with Crippen LogP contribution in [0.4, 0.5) is 0 Å². The fourth-order valence-corrected chi connectivity index (χ4v) is 2.03. The van der Waals surface area contributed by atoms with Gasteiger partial charge in [-0.05, 0) is 13.3 Å². The Balaban J connectivity index is 2.78. The van der Waals surface area contributed by atoms with E-state index in [1.165, 1.54) is 0 Å². The second-order valence-corrected chi connectivity index (χ2v) is 5.20. The predicted molar refractivity (Wildman–Crippen MR) is 85.6 cm³/mol. The van der Waals surface area contributed by atoms with E-state index in [0.717, 1.165) is 5.56 Å². The quantitative estimate of drug-likeness (QED) is 0.757. The minimum absolute atomic E-state index is 0.0542. The summed E-state index contributed by atoms with van der Waals surface area (Å²) in [6.07, 6.45) is 0.591. The lowest BCUT2D eigenvalue weighted by Gasteiger charge is -2.17. The van der Waals surface area contributed by atoms with E-state index in [0.29, 0.717) is 30.2 Å². The predicted octanol–water partition coefficient (Wildman–Crippen LogP) is 1.35. The van der Waals surface area contributed by atoms with Crippen molar-refractivity contribution >= 4 is 5.91 Å². The molecule has 1 amide bonds. The highest BCUT2D eigenvalue weighted by molar-refractivity contribution is 5.78. The normalized spacial score (nSPS) is 13.2. The van der Waals surface area contributed by atoms with Crippen molar-refractivity contribution < 1.29 is 19.0 Å². The van der Waals surface area contributed by atoms with E-state index >= 15 is 0 Å². The van der Waals surface area contributed by atoms with Gasteiger partial charge in [0.15, 0.2) is 0 Å². The Bertz CT molecular complexity index is 478. The fraction of sp³-hybridized carbons (Fsp3) is 0.562. The molecule has 6 heteroatoms. The molecule has 1 aromatic carbocycles. The van der Waals surface area contributed by atoms with Crippen LogP contribution in [0.5, 0.6) is 17.2 Å². The largest absolute Gasteiger partial charge is 0.496 e. The van der Waals surface area contributed by atoms with Crippen LogP contribution in [0.2, 0.25) is 0 Å². The van der Waals surface area contributed by atoms with E-state index in [-0.39, 0.29) is 17.9 Å². The molecule has 6 nitrogen and oxygen atoms in total. The number of nitrogens with two attached hydrogens (primary N) is 1. The number of nitrogens with one attached hydrogen (secondary N) is 1. The summed E-state index contributed by atoms with van der Waals surface area (Å²) < 4.78 is 16.0. The topological polar surface area (TPSA) is 82.8 Å². The van der Waals surface area contributed by atoms with E-state index in [2.05, 4.69) is 5.32 Å². The van der Waals surface area contributed by atoms with Crippen molar-refractivity contribution in [1.82, 2.24) is 5.32 Å². The summed E-state index contributed by atoms with van der Waals surface area (Å²) in [7, 11) is 4.77. The van der Waals surface area contributed by atoms with Crippen molar-refractivity contribution in [3.05, 3.63) is 17.7 Å². The number of benzene rings is 1. The number of amides is 1. The van der Waals surface area contributed by atoms with Crippen LogP contribution in [-0.2, 0) is 11.2 Å². The van der Waals surface area contributed by atoms with Gasteiger partial charge in [0.2, 0.25) is 5.91 Å². The molecule has 0 saturated carbocycles. The van der Waals surface area contributed by atoms with E-state index in [4.69, 9.17) is 19.9 Å². The molecule has 0 saturated heterocycles. The second-order valence-electron chi connectivity index (χ2n) is 5.20. The van der Waals surface area contributed by atoms with Crippen LogP contribution < -0.4 is 25.3 Å². The number of methoxy groups -OCH3 is 3. The van der Waals surface area contributed by atoms with Gasteiger partial charge in [-0.25, -0.2) is 0 Å². The zero-order valence-electron chi connectivity index (χ0n) is 13.9. The van der Waals surface area contributed by atoms with Gasteiger partial charge in [0, 0.05) is 36.2 Å². The Morgan fingerprint density at radius 1 is 1.14 bits per heavy atom. The second kappa shape index (κ2) is 8.48. The smallest absolute Gasteiger partial charge is 0.224 e. The van der Waals surface area contributed by atoms with Gasteiger partial charge in [0.05, 0.1) is 21.3 Å². The molecule has 0 bridgehead atoms. The van der Waals surface area contributed by atoms with Gasteiger partial charge in [-0.3, -0.25) is 4.79 Å². The molecule has 124 valence electrons. The molecule has 22 heavy (non-hydrogen) atoms. The monoisotopic (exact) mass is 310 g/mol. The van der Waals surface area contributed by atoms with Crippen molar-refractivity contribution in [2.45, 2.75) is 26.3 Å². The molecule has 2 unspecified atom stereocenters. The molecular weight excluding hydrogens is 284 g/mol. The summed E-state index contributed by atoms with van der Waals surface area (Å²) in [6, 6.07) is 3.42. The molecule has 2 atom stereocenters. The maximum absolute atomic E-state index is 11.9. The number of carbonyl (C=O) groups excluding carboxylic acids is 1. The lowest BCUT2D eigenvalue weighted by Crippen LogP contribution is -2.39. The molecule has 0 fully saturated rings. The van der Waals surface area contributed by atoms with Gasteiger partial charge in [0.1, 0.15) is 17.2 Å². The van der Waals surface area contributed by atoms with Gasteiger partial charge in [-0.2, -0.15) is 0 Å². The van der Waals surface area contributed by atoms with Crippen molar-refractivity contribution in [3.63, 3.8) is 0 Å². The lowest BCUT2D eigenvalue weighted by atomic mass is 10.0. The molecule has 0 aliphatic rings. The van der Waals surface area contributed by atoms with Crippen LogP contribution in [0.15, 0.2) is 12.1 Å². The molecule has 0 spiro atoms. The van der Waals surface area contributed by atoms with Gasteiger partial charge < -0.3 is 25.3 Å². The third kappa shape index (κ3) is 4.53. The zero-order chi connectivity index (χ0) is 16.7. The summed E-state index contributed by atoms with van der Waals surface area (Å²) in [5, 5.41) is 2.88. The maximum Gasteiger partial charge on any atom is 0.224 e. The minimum atomic E-state index is -0.223. The first-order valence-corrected chi connectivity index (χ1v) is 7.26. The standard InChI is InChI=1S/C16H26N2O4/c1-10(11(2)17)16(19)18-7-6-13-14(21-4)8-12(20-3)9-15(13)22-5/h8-11H,6-7,17H2,1-5H3,(H,18,19). The van der Waals surface area contributed by atoms with Crippen LogP contribution in [0.25, 0.3) is 0 Å². The molecule has 0 radical (unpaired) electrons. The third-order valence-corrected chi connectivity index (χ3v) is 3.69. The van der Waals surface area contributed by atoms with Crippen molar-refractivity contribution in [2.24, 2.45) is 11.7 Å². The molecule has 0 aliphatic heterocycles. The molecule has 0 aromatic heterocycles. The van der Waals surface area contributed by atoms with Crippen LogP contribution in [0, 0.1) is 5.92 Å². The minimum Gasteiger partial charge on any atom is -0.496 e. The van der Waals surface area contributed by atoms with Gasteiger partial charge in [-0.1, -0.05) is 6.92 Å². The molecule has 1 aromatic rings. The first kappa shape index (κ1) is 18.1. The summed E-state index contributed by atoms with van der Waals surface area (Å²) >= 11 is 0. The Morgan fingerprint density at radius 3 is 2.09 bits per heavy atom. The number of carbonyl (C=O) groups is 1. The molecule has 3 N–H and O–H groups in total. The van der Waals surface area contributed by atoms with E-state index < -0.39 is 0 Å². The Labute approximate surface area is 131 Å². The number of hydrogen-bond donors (Lipinski definition) is 2. The first-order chi connectivity index (χ1) is 10.4. The van der Waals surface area contributed by atoms with Gasteiger partial charge >= 0.3 is 0 Å². The Morgan fingerprint density at radius 2 is 1.68 bits per heavy atom. The Kier molecular flexibility index (Phi) is 6.98. The fourth-order valence-electron chi connectivity index (χ4n) is 2.03. The summed E-state index contributed by atoms with van der Waals surface area (Å²) in [4.78, 5) is 11.9. The highest BCUT2D eigenvalue weighted by Crippen LogP contribution is 2.34. The average Bonchev–Trinajstić information content (AvgIpc) is 2.53. The van der Waals surface area contributed by atoms with Gasteiger partial charge in [-0.15, -0.1) is 0 Å². The number of ether oxygens (including phenoxy) is 3. The zero-order valence-corrected chi connectivity index (χ0v) is 13.9. The third-order valence-electron chi connectivity index (χ3n) is 3.69. The first-order valence-electron chi connectivity index (χ1n) is 7.26. The molecular formula is C16H26N2O4. The maximum atomic E-state index is 11.9. The molecule has 0 aliphatic carbocycles. The average molecular weight is 310 g/mol. The van der Waals surface area contributed by atoms with Crippen LogP contribution in [-0.4, -0.2) is 39.8 Å². The number of hydrogen-bond acceptors (Lipinski definition) is 5. The molecule has 1 rings (SSSR count). The van der Waals surface area contributed by atoms with Crippen molar-refractivity contribution in [2.75, 3.05) is 27.9 Å². The summed E-state index contributed by atoms with van der Waals surface area (Å²) in [5.41, 5.74) is 6.62. The number of rotatable bonds is 8. The highest BCUT2D eigenvalue weighted by atomic mass is 16.5. The highest BCUT2D eigenvalue weighted by Gasteiger charge is 2.17. The van der Waals surface area contributed by atoms with Crippen LogP contribution in [0.1, 0.15) is 19.4 Å². The van der Waals surface area contributed by atoms with E-state index in [1.54, 1.807) is 33.5 Å². The SMILES string of the molecule is COc1cc(OC)c(CCNC(=O)C(C)C(C)N)c(OC)c1. The summed E-state index contributed by atoms with van der Waals surface area (Å²) in [5.74, 6) is 1.73. The Hall–Kier alpha value is -1.95. The summed E-state index contributed by atoms with van der Waals surface area (Å²) in [6.45, 7) is 4.11. The van der Waals surface area contributed by atoms with E-state index in [1.807, 2.05) is 13.8 Å².